The zero-order chi connectivity index (χ0) is 18.8. The third-order valence-corrected chi connectivity index (χ3v) is 5.14. The van der Waals surface area contributed by atoms with Crippen LogP contribution in [-0.2, 0) is 26.1 Å². The molecule has 7 heteroatoms. The van der Waals surface area contributed by atoms with Gasteiger partial charge in [0.05, 0.1) is 17.6 Å². The molecule has 1 N–H and O–H groups in total. The molecular weight excluding hydrogens is 350 g/mol. The van der Waals surface area contributed by atoms with E-state index in [4.69, 9.17) is 5.10 Å². The number of rotatable bonds is 5. The zero-order valence-electron chi connectivity index (χ0n) is 15.7. The predicted octanol–water partition coefficient (Wildman–Crippen LogP) is 2.67. The fourth-order valence-electron chi connectivity index (χ4n) is 3.65. The lowest BCUT2D eigenvalue weighted by atomic mass is 10.2. The van der Waals surface area contributed by atoms with Gasteiger partial charge in [0.25, 0.3) is 0 Å². The molecule has 4 aromatic rings. The quantitative estimate of drug-likeness (QED) is 0.584. The van der Waals surface area contributed by atoms with Crippen molar-refractivity contribution in [3.8, 4) is 17.2 Å². The summed E-state index contributed by atoms with van der Waals surface area (Å²) in [6.45, 7) is 3.72. The van der Waals surface area contributed by atoms with Crippen LogP contribution in [0.15, 0.2) is 61.2 Å². The molecule has 0 spiro atoms. The average molecular weight is 373 g/mol. The van der Waals surface area contributed by atoms with Gasteiger partial charge in [0.15, 0.2) is 5.82 Å². The lowest BCUT2D eigenvalue weighted by Gasteiger charge is -2.05. The van der Waals surface area contributed by atoms with Gasteiger partial charge < -0.3 is 9.88 Å². The summed E-state index contributed by atoms with van der Waals surface area (Å²) in [7, 11) is 0. The van der Waals surface area contributed by atoms with Gasteiger partial charge in [-0.2, -0.15) is 10.2 Å². The number of aromatic nitrogens is 6. The number of hydrogen-bond donors (Lipinski definition) is 1. The highest BCUT2D eigenvalue weighted by atomic mass is 15.3. The van der Waals surface area contributed by atoms with Crippen LogP contribution in [0.2, 0.25) is 0 Å². The van der Waals surface area contributed by atoms with E-state index >= 15 is 0 Å². The summed E-state index contributed by atoms with van der Waals surface area (Å²) in [5, 5.41) is 12.7. The normalized spacial score (nSPS) is 14.0. The fraction of sp³-hybridized carbons (Fsp3) is 0.286. The van der Waals surface area contributed by atoms with Crippen molar-refractivity contribution in [3.63, 3.8) is 0 Å². The van der Waals surface area contributed by atoms with Crippen molar-refractivity contribution >= 4 is 0 Å². The third kappa shape index (κ3) is 3.36. The molecule has 0 saturated heterocycles. The molecular formula is C21H23N7. The number of benzene rings is 1. The topological polar surface area (TPSA) is 65.5 Å². The summed E-state index contributed by atoms with van der Waals surface area (Å²) >= 11 is 0. The van der Waals surface area contributed by atoms with Crippen LogP contribution in [-0.4, -0.2) is 35.7 Å². The van der Waals surface area contributed by atoms with Gasteiger partial charge in [-0.3, -0.25) is 4.68 Å². The smallest absolute Gasteiger partial charge is 0.160 e. The molecule has 0 fully saturated rings. The Balaban J connectivity index is 1.32. The van der Waals surface area contributed by atoms with Gasteiger partial charge in [-0.1, -0.05) is 18.2 Å². The highest BCUT2D eigenvalue weighted by Crippen LogP contribution is 2.20. The minimum Gasteiger partial charge on any atom is -0.329 e. The van der Waals surface area contributed by atoms with Gasteiger partial charge in [-0.05, 0) is 43.1 Å². The standard InChI is InChI=1S/C21H23N7/c1-2-5-18(6-3-1)28-16-17(14-24-28)7-11-26-12-9-23-21(26)20-13-19-15-22-8-4-10-27(19)25-20/h1-3,5-6,9,12-14,16,22H,4,7-8,10-11,15H2. The summed E-state index contributed by atoms with van der Waals surface area (Å²) < 4.78 is 6.21. The van der Waals surface area contributed by atoms with Gasteiger partial charge in [-0.15, -0.1) is 0 Å². The van der Waals surface area contributed by atoms with E-state index in [9.17, 15) is 0 Å². The Bertz CT molecular complexity index is 1030. The Kier molecular flexibility index (Phi) is 4.50. The first-order valence-corrected chi connectivity index (χ1v) is 9.75. The summed E-state index contributed by atoms with van der Waals surface area (Å²) in [5.74, 6) is 0.927. The largest absolute Gasteiger partial charge is 0.329 e. The first-order valence-electron chi connectivity index (χ1n) is 9.75. The molecule has 0 bridgehead atoms. The van der Waals surface area contributed by atoms with Crippen molar-refractivity contribution in [3.05, 3.63) is 72.4 Å². The summed E-state index contributed by atoms with van der Waals surface area (Å²) in [6.07, 6.45) is 9.91. The molecule has 0 saturated carbocycles. The van der Waals surface area contributed by atoms with Crippen molar-refractivity contribution < 1.29 is 0 Å². The average Bonchev–Trinajstić information content (AvgIpc) is 3.44. The molecule has 0 unspecified atom stereocenters. The molecule has 142 valence electrons. The van der Waals surface area contributed by atoms with Crippen LogP contribution in [0.3, 0.4) is 0 Å². The number of nitrogens with zero attached hydrogens (tertiary/aromatic N) is 6. The molecule has 1 aliphatic rings. The van der Waals surface area contributed by atoms with Gasteiger partial charge >= 0.3 is 0 Å². The molecule has 1 aromatic carbocycles. The van der Waals surface area contributed by atoms with Crippen LogP contribution in [0.4, 0.5) is 0 Å². The third-order valence-electron chi connectivity index (χ3n) is 5.14. The number of hydrogen-bond acceptors (Lipinski definition) is 4. The van der Waals surface area contributed by atoms with Crippen LogP contribution < -0.4 is 5.32 Å². The zero-order valence-corrected chi connectivity index (χ0v) is 15.7. The van der Waals surface area contributed by atoms with Crippen molar-refractivity contribution in [1.82, 2.24) is 34.4 Å². The number of aryl methyl sites for hydroxylation is 3. The lowest BCUT2D eigenvalue weighted by molar-refractivity contribution is 0.587. The maximum atomic E-state index is 4.79. The number of imidazole rings is 1. The Morgan fingerprint density at radius 1 is 1.14 bits per heavy atom. The Morgan fingerprint density at radius 3 is 3.00 bits per heavy atom. The number of para-hydroxylation sites is 1. The van der Waals surface area contributed by atoms with Gasteiger partial charge in [0.2, 0.25) is 0 Å². The van der Waals surface area contributed by atoms with Crippen molar-refractivity contribution in [1.29, 1.82) is 0 Å². The maximum Gasteiger partial charge on any atom is 0.160 e. The van der Waals surface area contributed by atoms with E-state index in [1.54, 1.807) is 0 Å². The van der Waals surface area contributed by atoms with Crippen molar-refractivity contribution in [2.24, 2.45) is 0 Å². The first-order chi connectivity index (χ1) is 13.9. The maximum absolute atomic E-state index is 4.79. The van der Waals surface area contributed by atoms with Crippen LogP contribution >= 0.6 is 0 Å². The van der Waals surface area contributed by atoms with Crippen LogP contribution in [0, 0.1) is 0 Å². The first kappa shape index (κ1) is 16.9. The van der Waals surface area contributed by atoms with E-state index in [1.165, 1.54) is 11.3 Å². The second kappa shape index (κ2) is 7.44. The highest BCUT2D eigenvalue weighted by Gasteiger charge is 2.15. The van der Waals surface area contributed by atoms with Crippen LogP contribution in [0.5, 0.6) is 0 Å². The van der Waals surface area contributed by atoms with Gasteiger partial charge in [-0.25, -0.2) is 9.67 Å². The van der Waals surface area contributed by atoms with Gasteiger partial charge in [0, 0.05) is 38.2 Å². The minimum atomic E-state index is 0.844. The SMILES string of the molecule is c1ccc(-n2cc(CCn3ccnc3-c3cc4n(n3)CCCNC4)cn2)cc1. The number of nitrogens with one attached hydrogen (secondary N) is 1. The summed E-state index contributed by atoms with van der Waals surface area (Å²) in [5.41, 5.74) is 4.45. The molecule has 7 nitrogen and oxygen atoms in total. The molecule has 0 amide bonds. The van der Waals surface area contributed by atoms with E-state index in [0.717, 1.165) is 56.2 Å². The second-order valence-electron chi connectivity index (χ2n) is 7.10. The Labute approximate surface area is 163 Å². The predicted molar refractivity (Wildman–Crippen MR) is 107 cm³/mol. The molecule has 0 atom stereocenters. The molecule has 1 aliphatic heterocycles. The molecule has 5 rings (SSSR count). The van der Waals surface area contributed by atoms with E-state index in [-0.39, 0.29) is 0 Å². The summed E-state index contributed by atoms with van der Waals surface area (Å²) in [6, 6.07) is 12.3. The highest BCUT2D eigenvalue weighted by molar-refractivity contribution is 5.50. The number of fused-ring (bicyclic) bond motifs is 1. The van der Waals surface area contributed by atoms with Crippen LogP contribution in [0.25, 0.3) is 17.2 Å². The Hall–Kier alpha value is -3.19. The van der Waals surface area contributed by atoms with E-state index < -0.39 is 0 Å². The lowest BCUT2D eigenvalue weighted by Crippen LogP contribution is -2.11. The van der Waals surface area contributed by atoms with Crippen molar-refractivity contribution in [2.45, 2.75) is 32.5 Å². The Morgan fingerprint density at radius 2 is 2.07 bits per heavy atom. The monoisotopic (exact) mass is 373 g/mol. The molecule has 28 heavy (non-hydrogen) atoms. The molecule has 3 aromatic heterocycles. The molecule has 0 aliphatic carbocycles. The van der Waals surface area contributed by atoms with Crippen LogP contribution in [0.1, 0.15) is 17.7 Å². The summed E-state index contributed by atoms with van der Waals surface area (Å²) in [4.78, 5) is 4.56. The molecule has 4 heterocycles. The van der Waals surface area contributed by atoms with Gasteiger partial charge in [0.1, 0.15) is 5.69 Å². The fourth-order valence-corrected chi connectivity index (χ4v) is 3.65. The van der Waals surface area contributed by atoms with E-state index in [1.807, 2.05) is 41.5 Å². The van der Waals surface area contributed by atoms with Crippen molar-refractivity contribution in [2.75, 3.05) is 6.54 Å². The minimum absolute atomic E-state index is 0.844. The van der Waals surface area contributed by atoms with E-state index in [2.05, 4.69) is 49.0 Å². The second-order valence-corrected chi connectivity index (χ2v) is 7.10. The van der Waals surface area contributed by atoms with E-state index in [0.29, 0.717) is 0 Å². The molecule has 0 radical (unpaired) electrons.